The Labute approximate surface area is 129 Å². The number of benzene rings is 2. The Morgan fingerprint density at radius 3 is 1.59 bits per heavy atom. The quantitative estimate of drug-likeness (QED) is 0.789. The molecule has 4 nitrogen and oxygen atoms in total. The maximum absolute atomic E-state index is 12.3. The van der Waals surface area contributed by atoms with Crippen molar-refractivity contribution in [3.8, 4) is 11.5 Å². The van der Waals surface area contributed by atoms with Crippen LogP contribution in [0, 0.1) is 5.92 Å². The van der Waals surface area contributed by atoms with Gasteiger partial charge in [0.15, 0.2) is 0 Å². The minimum Gasteiger partial charge on any atom is -0.508 e. The highest BCUT2D eigenvalue weighted by molar-refractivity contribution is 5.86. The molecule has 0 aliphatic heterocycles. The van der Waals surface area contributed by atoms with E-state index in [0.29, 0.717) is 17.5 Å². The van der Waals surface area contributed by atoms with Gasteiger partial charge in [0, 0.05) is 0 Å². The number of hydrogen-bond donors (Lipinski definition) is 3. The largest absolute Gasteiger partial charge is 0.508 e. The van der Waals surface area contributed by atoms with Crippen LogP contribution >= 0.6 is 0 Å². The summed E-state index contributed by atoms with van der Waals surface area (Å²) in [6, 6.07) is 12.5. The van der Waals surface area contributed by atoms with E-state index in [0.717, 1.165) is 0 Å². The van der Waals surface area contributed by atoms with E-state index in [9.17, 15) is 20.1 Å². The number of carboxylic acid groups (broad SMARTS) is 1. The highest BCUT2D eigenvalue weighted by Crippen LogP contribution is 2.42. The lowest BCUT2D eigenvalue weighted by Gasteiger charge is -2.36. The molecule has 2 rings (SSSR count). The third kappa shape index (κ3) is 2.52. The van der Waals surface area contributed by atoms with Gasteiger partial charge in [0.25, 0.3) is 0 Å². The lowest BCUT2D eigenvalue weighted by atomic mass is 9.65. The average Bonchev–Trinajstić information content (AvgIpc) is 2.50. The molecule has 0 saturated carbocycles. The molecular weight excluding hydrogens is 280 g/mol. The predicted molar refractivity (Wildman–Crippen MR) is 84.1 cm³/mol. The van der Waals surface area contributed by atoms with Crippen LogP contribution in [0.3, 0.4) is 0 Å². The zero-order chi connectivity index (χ0) is 16.3. The highest BCUT2D eigenvalue weighted by atomic mass is 16.4. The predicted octanol–water partition coefficient (Wildman–Crippen LogP) is 3.51. The van der Waals surface area contributed by atoms with Gasteiger partial charge >= 0.3 is 5.97 Å². The first-order valence-corrected chi connectivity index (χ1v) is 7.25. The second kappa shape index (κ2) is 6.10. The van der Waals surface area contributed by atoms with Gasteiger partial charge in [0.1, 0.15) is 16.9 Å². The summed E-state index contributed by atoms with van der Waals surface area (Å²) in [5, 5.41) is 29.0. The van der Waals surface area contributed by atoms with Crippen molar-refractivity contribution in [2.24, 2.45) is 5.92 Å². The first-order chi connectivity index (χ1) is 10.4. The summed E-state index contributed by atoms with van der Waals surface area (Å²) in [5.74, 6) is -0.923. The number of phenolic OH excluding ortho intramolecular Hbond substituents is 2. The Bertz CT molecular complexity index is 598. The van der Waals surface area contributed by atoms with Crippen LogP contribution in [0.4, 0.5) is 0 Å². The molecule has 3 N–H and O–H groups in total. The monoisotopic (exact) mass is 300 g/mol. The molecule has 0 radical (unpaired) electrons. The van der Waals surface area contributed by atoms with Gasteiger partial charge in [-0.1, -0.05) is 44.5 Å². The molecule has 4 heteroatoms. The number of aromatic hydroxyl groups is 2. The van der Waals surface area contributed by atoms with Crippen LogP contribution in [0.5, 0.6) is 11.5 Å². The molecule has 0 heterocycles. The molecule has 0 saturated heterocycles. The number of carboxylic acids is 1. The fraction of sp³-hybridized carbons (Fsp3) is 0.278. The van der Waals surface area contributed by atoms with E-state index in [1.165, 1.54) is 24.3 Å². The topological polar surface area (TPSA) is 77.8 Å². The van der Waals surface area contributed by atoms with E-state index in [-0.39, 0.29) is 17.4 Å². The Morgan fingerprint density at radius 1 is 0.955 bits per heavy atom. The molecule has 0 spiro atoms. The van der Waals surface area contributed by atoms with Crippen LogP contribution in [0.25, 0.3) is 0 Å². The molecule has 1 unspecified atom stereocenters. The number of rotatable bonds is 5. The summed E-state index contributed by atoms with van der Waals surface area (Å²) >= 11 is 0. The van der Waals surface area contributed by atoms with Crippen LogP contribution in [0.1, 0.15) is 31.4 Å². The summed E-state index contributed by atoms with van der Waals surface area (Å²) < 4.78 is 0. The standard InChI is InChI=1S/C18H20O4/c1-3-12(2)18(17(21)22,13-4-8-15(19)9-5-13)14-6-10-16(20)11-7-14/h4-12,19-20H,3H2,1-2H3,(H,21,22). The van der Waals surface area contributed by atoms with Crippen molar-refractivity contribution in [2.75, 3.05) is 0 Å². The van der Waals surface area contributed by atoms with E-state index in [4.69, 9.17) is 0 Å². The molecule has 0 aliphatic carbocycles. The molecular formula is C18H20O4. The second-order valence-electron chi connectivity index (χ2n) is 5.52. The van der Waals surface area contributed by atoms with Crippen molar-refractivity contribution in [1.29, 1.82) is 0 Å². The Kier molecular flexibility index (Phi) is 4.40. The zero-order valence-corrected chi connectivity index (χ0v) is 12.7. The van der Waals surface area contributed by atoms with Crippen molar-refractivity contribution in [1.82, 2.24) is 0 Å². The maximum Gasteiger partial charge on any atom is 0.318 e. The van der Waals surface area contributed by atoms with Crippen LogP contribution < -0.4 is 0 Å². The molecule has 0 fully saturated rings. The maximum atomic E-state index is 12.3. The smallest absolute Gasteiger partial charge is 0.318 e. The third-order valence-corrected chi connectivity index (χ3v) is 4.33. The normalized spacial score (nSPS) is 12.8. The van der Waals surface area contributed by atoms with Gasteiger partial charge in [-0.25, -0.2) is 0 Å². The minimum absolute atomic E-state index is 0.0953. The van der Waals surface area contributed by atoms with E-state index in [1.54, 1.807) is 24.3 Å². The Balaban J connectivity index is 2.74. The number of carbonyl (C=O) groups is 1. The Hall–Kier alpha value is -2.49. The Morgan fingerprint density at radius 2 is 1.32 bits per heavy atom. The fourth-order valence-electron chi connectivity index (χ4n) is 2.95. The van der Waals surface area contributed by atoms with Crippen molar-refractivity contribution in [3.05, 3.63) is 59.7 Å². The van der Waals surface area contributed by atoms with Gasteiger partial charge in [-0.05, 0) is 41.3 Å². The SMILES string of the molecule is CCC(C)C(C(=O)O)(c1ccc(O)cc1)c1ccc(O)cc1. The van der Waals surface area contributed by atoms with E-state index >= 15 is 0 Å². The molecule has 0 amide bonds. The van der Waals surface area contributed by atoms with E-state index in [1.807, 2.05) is 13.8 Å². The van der Waals surface area contributed by atoms with Gasteiger partial charge in [-0.15, -0.1) is 0 Å². The van der Waals surface area contributed by atoms with Crippen LogP contribution in [0.15, 0.2) is 48.5 Å². The number of hydrogen-bond acceptors (Lipinski definition) is 3. The van der Waals surface area contributed by atoms with Crippen molar-refractivity contribution in [3.63, 3.8) is 0 Å². The van der Waals surface area contributed by atoms with Gasteiger partial charge in [-0.3, -0.25) is 4.79 Å². The van der Waals surface area contributed by atoms with Crippen LogP contribution in [0.2, 0.25) is 0 Å². The molecule has 2 aromatic carbocycles. The summed E-state index contributed by atoms with van der Waals surface area (Å²) in [5.41, 5.74) is -0.00782. The molecule has 0 aliphatic rings. The van der Waals surface area contributed by atoms with Gasteiger partial charge in [0.2, 0.25) is 0 Å². The lowest BCUT2D eigenvalue weighted by Crippen LogP contribution is -2.43. The second-order valence-corrected chi connectivity index (χ2v) is 5.52. The molecule has 116 valence electrons. The lowest BCUT2D eigenvalue weighted by molar-refractivity contribution is -0.144. The summed E-state index contributed by atoms with van der Waals surface area (Å²) in [6.45, 7) is 3.84. The van der Waals surface area contributed by atoms with Gasteiger partial charge in [0.05, 0.1) is 0 Å². The molecule has 1 atom stereocenters. The van der Waals surface area contributed by atoms with E-state index in [2.05, 4.69) is 0 Å². The minimum atomic E-state index is -1.23. The third-order valence-electron chi connectivity index (χ3n) is 4.33. The first-order valence-electron chi connectivity index (χ1n) is 7.25. The first kappa shape index (κ1) is 15.9. The summed E-state index contributed by atoms with van der Waals surface area (Å²) in [7, 11) is 0. The molecule has 0 bridgehead atoms. The van der Waals surface area contributed by atoms with Crippen LogP contribution in [-0.2, 0) is 10.2 Å². The zero-order valence-electron chi connectivity index (χ0n) is 12.7. The molecule has 2 aromatic rings. The highest BCUT2D eigenvalue weighted by Gasteiger charge is 2.46. The van der Waals surface area contributed by atoms with Crippen molar-refractivity contribution in [2.45, 2.75) is 25.7 Å². The molecule has 22 heavy (non-hydrogen) atoms. The van der Waals surface area contributed by atoms with Crippen molar-refractivity contribution < 1.29 is 20.1 Å². The van der Waals surface area contributed by atoms with Gasteiger partial charge in [-0.2, -0.15) is 0 Å². The summed E-state index contributed by atoms with van der Waals surface area (Å²) in [4.78, 5) is 12.3. The number of aliphatic carboxylic acids is 1. The van der Waals surface area contributed by atoms with Crippen LogP contribution in [-0.4, -0.2) is 21.3 Å². The molecule has 0 aromatic heterocycles. The van der Waals surface area contributed by atoms with Crippen molar-refractivity contribution >= 4 is 5.97 Å². The number of phenols is 2. The van der Waals surface area contributed by atoms with E-state index < -0.39 is 11.4 Å². The summed E-state index contributed by atoms with van der Waals surface area (Å²) in [6.07, 6.45) is 0.675. The fourth-order valence-corrected chi connectivity index (χ4v) is 2.95. The van der Waals surface area contributed by atoms with Gasteiger partial charge < -0.3 is 15.3 Å². The average molecular weight is 300 g/mol.